The topological polar surface area (TPSA) is 65.6 Å². The van der Waals surface area contributed by atoms with Gasteiger partial charge in [-0.1, -0.05) is 0 Å². The quantitative estimate of drug-likeness (QED) is 0.320. The summed E-state index contributed by atoms with van der Waals surface area (Å²) in [5, 5.41) is 0. The molecule has 0 bridgehead atoms. The summed E-state index contributed by atoms with van der Waals surface area (Å²) in [6.07, 6.45) is 1.15. The molecule has 0 saturated heterocycles. The van der Waals surface area contributed by atoms with Crippen molar-refractivity contribution in [2.75, 3.05) is 0 Å². The molecule has 0 radical (unpaired) electrons. The van der Waals surface area contributed by atoms with Crippen molar-refractivity contribution < 1.29 is 15.1 Å². The van der Waals surface area contributed by atoms with Crippen LogP contribution in [0.3, 0.4) is 0 Å². The van der Waals surface area contributed by atoms with Crippen molar-refractivity contribution in [3.05, 3.63) is 0 Å². The number of carbonyl (C=O) groups excluding carboxylic acids is 2. The van der Waals surface area contributed by atoms with E-state index in [1.54, 1.807) is 0 Å². The highest BCUT2D eigenvalue weighted by Crippen LogP contribution is 1.50. The first kappa shape index (κ1) is 9.00. The van der Waals surface area contributed by atoms with Crippen LogP contribution in [0.25, 0.3) is 0 Å². The molecule has 36 valence electrons. The lowest BCUT2D eigenvalue weighted by Crippen LogP contribution is -1.69. The lowest BCUT2D eigenvalue weighted by molar-refractivity contribution is -0.114. The van der Waals surface area contributed by atoms with E-state index in [1.807, 2.05) is 0 Å². The molecule has 0 fully saturated rings. The molecule has 0 aliphatic carbocycles. The van der Waals surface area contributed by atoms with Gasteiger partial charge in [0.1, 0.15) is 12.6 Å². The van der Waals surface area contributed by atoms with Crippen molar-refractivity contribution in [1.29, 1.82) is 0 Å². The van der Waals surface area contributed by atoms with Gasteiger partial charge in [-0.05, 0) is 0 Å². The predicted octanol–water partition coefficient (Wildman–Crippen LogP) is -1.05. The van der Waals surface area contributed by atoms with Crippen LogP contribution in [0.2, 0.25) is 0 Å². The van der Waals surface area contributed by atoms with Crippen molar-refractivity contribution in [1.82, 2.24) is 0 Å². The van der Waals surface area contributed by atoms with Gasteiger partial charge < -0.3 is 15.1 Å². The zero-order valence-corrected chi connectivity index (χ0v) is 3.18. The zero-order valence-electron chi connectivity index (χ0n) is 3.18. The number of rotatable bonds is 2. The zero-order chi connectivity index (χ0) is 4.12. The number of hydrogen-bond donors (Lipinski definition) is 0. The molecule has 6 heavy (non-hydrogen) atoms. The first-order valence-corrected chi connectivity index (χ1v) is 1.29. The molecule has 0 heterocycles. The van der Waals surface area contributed by atoms with Crippen LogP contribution in [0.5, 0.6) is 0 Å². The summed E-state index contributed by atoms with van der Waals surface area (Å²) >= 11 is 0. The van der Waals surface area contributed by atoms with Crippen LogP contribution in [0, 0.1) is 0 Å². The Balaban J connectivity index is 0. The van der Waals surface area contributed by atoms with Crippen LogP contribution < -0.4 is 0 Å². The van der Waals surface area contributed by atoms with E-state index >= 15 is 0 Å². The van der Waals surface area contributed by atoms with Gasteiger partial charge in [0.2, 0.25) is 0 Å². The molecule has 0 amide bonds. The molecule has 0 aliphatic heterocycles. The number of aldehydes is 2. The Labute approximate surface area is 35.3 Å². The van der Waals surface area contributed by atoms with Crippen LogP contribution >= 0.6 is 0 Å². The van der Waals surface area contributed by atoms with Crippen molar-refractivity contribution >= 4 is 12.6 Å². The van der Waals surface area contributed by atoms with Crippen molar-refractivity contribution in [2.45, 2.75) is 6.42 Å². The standard InChI is InChI=1S/C3H4O2.H2O/c4-2-1-3-5;/h2-3H,1H2;1H2. The molecule has 0 aromatic heterocycles. The lowest BCUT2D eigenvalue weighted by Gasteiger charge is -1.53. The van der Waals surface area contributed by atoms with Crippen LogP contribution in [0.15, 0.2) is 0 Å². The van der Waals surface area contributed by atoms with Crippen LogP contribution in [0.4, 0.5) is 0 Å². The monoisotopic (exact) mass is 90.0 g/mol. The van der Waals surface area contributed by atoms with E-state index in [9.17, 15) is 9.59 Å². The maximum atomic E-state index is 9.17. The highest BCUT2D eigenvalue weighted by Gasteiger charge is 1.65. The van der Waals surface area contributed by atoms with E-state index in [4.69, 9.17) is 0 Å². The third-order valence-electron chi connectivity index (χ3n) is 0.192. The Morgan fingerprint density at radius 1 is 1.17 bits per heavy atom. The Morgan fingerprint density at radius 2 is 1.50 bits per heavy atom. The second-order valence-electron chi connectivity index (χ2n) is 0.569. The minimum Gasteiger partial charge on any atom is -0.412 e. The molecule has 0 unspecified atom stereocenters. The summed E-state index contributed by atoms with van der Waals surface area (Å²) in [4.78, 5) is 18.3. The maximum absolute atomic E-state index is 9.17. The van der Waals surface area contributed by atoms with Gasteiger partial charge in [-0.15, -0.1) is 0 Å². The van der Waals surface area contributed by atoms with E-state index in [-0.39, 0.29) is 11.9 Å². The maximum Gasteiger partial charge on any atom is 0.127 e. The second-order valence-corrected chi connectivity index (χ2v) is 0.569. The van der Waals surface area contributed by atoms with E-state index in [2.05, 4.69) is 0 Å². The Hall–Kier alpha value is -0.700. The highest BCUT2D eigenvalue weighted by molar-refractivity contribution is 5.72. The molecule has 0 aromatic carbocycles. The highest BCUT2D eigenvalue weighted by atomic mass is 16.1. The molecule has 3 heteroatoms. The van der Waals surface area contributed by atoms with E-state index in [0.29, 0.717) is 12.6 Å². The molecular weight excluding hydrogens is 84.0 g/mol. The first-order chi connectivity index (χ1) is 2.41. The van der Waals surface area contributed by atoms with Gasteiger partial charge in [-0.3, -0.25) is 0 Å². The van der Waals surface area contributed by atoms with Gasteiger partial charge in [0, 0.05) is 0 Å². The molecule has 0 aliphatic rings. The average molecular weight is 90.1 g/mol. The van der Waals surface area contributed by atoms with Gasteiger partial charge >= 0.3 is 0 Å². The molecule has 0 spiro atoms. The number of carbonyl (C=O) groups is 2. The smallest absolute Gasteiger partial charge is 0.127 e. The summed E-state index contributed by atoms with van der Waals surface area (Å²) in [5.74, 6) is 0. The predicted molar refractivity (Wildman–Crippen MR) is 20.4 cm³/mol. The van der Waals surface area contributed by atoms with E-state index in [0.717, 1.165) is 0 Å². The molecule has 0 saturated carbocycles. The molecule has 3 nitrogen and oxygen atoms in total. The normalized spacial score (nSPS) is 5.33. The molecule has 0 rings (SSSR count). The minimum atomic E-state index is 0. The van der Waals surface area contributed by atoms with E-state index < -0.39 is 0 Å². The lowest BCUT2D eigenvalue weighted by atomic mass is 10.6. The van der Waals surface area contributed by atoms with E-state index in [1.165, 1.54) is 0 Å². The fourth-order valence-electron chi connectivity index (χ4n) is 0.0393. The molecular formula is C3H6O3. The summed E-state index contributed by atoms with van der Waals surface area (Å²) < 4.78 is 0. The van der Waals surface area contributed by atoms with Gasteiger partial charge in [0.25, 0.3) is 0 Å². The van der Waals surface area contributed by atoms with Crippen molar-refractivity contribution in [3.63, 3.8) is 0 Å². The van der Waals surface area contributed by atoms with Crippen molar-refractivity contribution in [2.24, 2.45) is 0 Å². The van der Waals surface area contributed by atoms with Crippen LogP contribution in [0.1, 0.15) is 6.42 Å². The average Bonchev–Trinajstić information content (AvgIpc) is 1.41. The summed E-state index contributed by atoms with van der Waals surface area (Å²) in [6, 6.07) is 0. The van der Waals surface area contributed by atoms with Gasteiger partial charge in [-0.2, -0.15) is 0 Å². The Bertz CT molecular complexity index is 35.3. The van der Waals surface area contributed by atoms with Crippen LogP contribution in [-0.2, 0) is 9.59 Å². The summed E-state index contributed by atoms with van der Waals surface area (Å²) in [7, 11) is 0. The second kappa shape index (κ2) is 8.85. The first-order valence-electron chi connectivity index (χ1n) is 1.29. The molecule has 0 aromatic rings. The van der Waals surface area contributed by atoms with Crippen LogP contribution in [-0.4, -0.2) is 18.0 Å². The SMILES string of the molecule is O.O=CCC=O. The summed E-state index contributed by atoms with van der Waals surface area (Å²) in [5.41, 5.74) is 0. The molecule has 2 N–H and O–H groups in total. The van der Waals surface area contributed by atoms with Crippen molar-refractivity contribution in [3.8, 4) is 0 Å². The third kappa shape index (κ3) is 10.3. The molecule has 0 atom stereocenters. The third-order valence-corrected chi connectivity index (χ3v) is 0.192. The number of hydrogen-bond acceptors (Lipinski definition) is 2. The largest absolute Gasteiger partial charge is 0.412 e. The minimum absolute atomic E-state index is 0. The fourth-order valence-corrected chi connectivity index (χ4v) is 0.0393. The van der Waals surface area contributed by atoms with Gasteiger partial charge in [0.05, 0.1) is 6.42 Å². The van der Waals surface area contributed by atoms with Gasteiger partial charge in [0.15, 0.2) is 0 Å². The Kier molecular flexibility index (Phi) is 13.3. The van der Waals surface area contributed by atoms with Gasteiger partial charge in [-0.25, -0.2) is 0 Å². The fraction of sp³-hybridized carbons (Fsp3) is 0.333. The summed E-state index contributed by atoms with van der Waals surface area (Å²) in [6.45, 7) is 0. The Morgan fingerprint density at radius 3 is 1.50 bits per heavy atom.